The van der Waals surface area contributed by atoms with Crippen molar-refractivity contribution in [3.8, 4) is 0 Å². The lowest BCUT2D eigenvalue weighted by molar-refractivity contribution is -0.154. The van der Waals surface area contributed by atoms with Crippen LogP contribution in [0.25, 0.3) is 0 Å². The van der Waals surface area contributed by atoms with Crippen molar-refractivity contribution in [2.24, 2.45) is 5.92 Å². The lowest BCUT2D eigenvalue weighted by atomic mass is 9.96. The Balaban J connectivity index is 2.20. The van der Waals surface area contributed by atoms with Gasteiger partial charge in [-0.25, -0.2) is 9.59 Å². The molecule has 0 saturated carbocycles. The predicted molar refractivity (Wildman–Crippen MR) is 85.5 cm³/mol. The minimum atomic E-state index is -0.957. The van der Waals surface area contributed by atoms with Crippen LogP contribution in [0.2, 0.25) is 0 Å². The number of ether oxygens (including phenoxy) is 3. The highest BCUT2D eigenvalue weighted by Gasteiger charge is 2.47. The topological polar surface area (TPSA) is 61.8 Å². The fourth-order valence-electron chi connectivity index (χ4n) is 2.69. The van der Waals surface area contributed by atoms with Gasteiger partial charge in [-0.3, -0.25) is 0 Å². The molecule has 0 amide bonds. The predicted octanol–water partition coefficient (Wildman–Crippen LogP) is 3.29. The van der Waals surface area contributed by atoms with Crippen molar-refractivity contribution < 1.29 is 23.8 Å². The first-order chi connectivity index (χ1) is 10.6. The summed E-state index contributed by atoms with van der Waals surface area (Å²) >= 11 is 0. The molecule has 5 nitrogen and oxygen atoms in total. The maximum absolute atomic E-state index is 12.3. The minimum Gasteiger partial charge on any atom is -0.492 e. The van der Waals surface area contributed by atoms with E-state index in [1.807, 2.05) is 0 Å². The zero-order chi connectivity index (χ0) is 17.3. The number of esters is 2. The standard InChI is InChI=1S/C18H26O5/c1-17(2,3)22-15(19)13-14(18(4,5)23-16(13)20)21-11-12-9-7-6-8-10-12/h7,9,12H,6,8,10-11H2,1-5H3. The summed E-state index contributed by atoms with van der Waals surface area (Å²) in [5.41, 5.74) is -1.76. The number of rotatable bonds is 4. The molecule has 0 aromatic carbocycles. The third kappa shape index (κ3) is 4.36. The molecule has 0 radical (unpaired) electrons. The molecule has 1 aliphatic carbocycles. The first-order valence-corrected chi connectivity index (χ1v) is 8.11. The highest BCUT2D eigenvalue weighted by atomic mass is 16.6. The van der Waals surface area contributed by atoms with Gasteiger partial charge in [0.15, 0.2) is 16.9 Å². The molecule has 0 N–H and O–H groups in total. The number of carbonyl (C=O) groups excluding carboxylic acids is 2. The van der Waals surface area contributed by atoms with Crippen LogP contribution in [0.1, 0.15) is 53.9 Å². The average molecular weight is 322 g/mol. The Kier molecular flexibility index (Phi) is 4.87. The molecule has 0 aromatic rings. The molecule has 128 valence electrons. The van der Waals surface area contributed by atoms with Gasteiger partial charge in [0.05, 0.1) is 6.61 Å². The molecular weight excluding hydrogens is 296 g/mol. The van der Waals surface area contributed by atoms with Crippen molar-refractivity contribution in [1.29, 1.82) is 0 Å². The van der Waals surface area contributed by atoms with E-state index in [2.05, 4.69) is 12.2 Å². The summed E-state index contributed by atoms with van der Waals surface area (Å²) in [6.45, 7) is 9.12. The summed E-state index contributed by atoms with van der Waals surface area (Å²) in [4.78, 5) is 24.4. The Morgan fingerprint density at radius 3 is 2.65 bits per heavy atom. The summed E-state index contributed by atoms with van der Waals surface area (Å²) in [7, 11) is 0. The second-order valence-electron chi connectivity index (χ2n) is 7.54. The summed E-state index contributed by atoms with van der Waals surface area (Å²) in [5, 5.41) is 0. The van der Waals surface area contributed by atoms with Crippen LogP contribution in [0, 0.1) is 5.92 Å². The van der Waals surface area contributed by atoms with Crippen LogP contribution in [0.5, 0.6) is 0 Å². The van der Waals surface area contributed by atoms with Gasteiger partial charge in [-0.15, -0.1) is 0 Å². The van der Waals surface area contributed by atoms with Gasteiger partial charge in [0.25, 0.3) is 0 Å². The van der Waals surface area contributed by atoms with E-state index in [1.165, 1.54) is 0 Å². The number of cyclic esters (lactones) is 1. The molecule has 0 spiro atoms. The number of hydrogen-bond acceptors (Lipinski definition) is 5. The van der Waals surface area contributed by atoms with Crippen LogP contribution < -0.4 is 0 Å². The fourth-order valence-corrected chi connectivity index (χ4v) is 2.69. The monoisotopic (exact) mass is 322 g/mol. The average Bonchev–Trinajstić information content (AvgIpc) is 2.64. The lowest BCUT2D eigenvalue weighted by Crippen LogP contribution is -2.27. The first-order valence-electron chi connectivity index (χ1n) is 8.11. The fraction of sp³-hybridized carbons (Fsp3) is 0.667. The van der Waals surface area contributed by atoms with Crippen LogP contribution in [0.4, 0.5) is 0 Å². The molecule has 1 heterocycles. The van der Waals surface area contributed by atoms with Crippen molar-refractivity contribution in [2.45, 2.75) is 65.1 Å². The van der Waals surface area contributed by atoms with E-state index >= 15 is 0 Å². The van der Waals surface area contributed by atoms with Gasteiger partial charge in [0, 0.05) is 5.92 Å². The highest BCUT2D eigenvalue weighted by molar-refractivity contribution is 6.16. The molecule has 0 saturated heterocycles. The third-order valence-corrected chi connectivity index (χ3v) is 3.72. The first kappa shape index (κ1) is 17.6. The molecule has 0 aromatic heterocycles. The van der Waals surface area contributed by atoms with Crippen molar-refractivity contribution in [3.63, 3.8) is 0 Å². The number of carbonyl (C=O) groups is 2. The second kappa shape index (κ2) is 6.38. The largest absolute Gasteiger partial charge is 0.492 e. The van der Waals surface area contributed by atoms with E-state index in [0.29, 0.717) is 12.5 Å². The Bertz CT molecular complexity index is 548. The zero-order valence-corrected chi connectivity index (χ0v) is 14.6. The number of allylic oxidation sites excluding steroid dienone is 1. The molecule has 1 aliphatic heterocycles. The maximum Gasteiger partial charge on any atom is 0.350 e. The molecule has 1 unspecified atom stereocenters. The van der Waals surface area contributed by atoms with Crippen LogP contribution in [0.3, 0.4) is 0 Å². The van der Waals surface area contributed by atoms with Gasteiger partial charge in [-0.05, 0) is 53.9 Å². The summed E-state index contributed by atoms with van der Waals surface area (Å²) < 4.78 is 16.5. The molecule has 2 rings (SSSR count). The third-order valence-electron chi connectivity index (χ3n) is 3.72. The van der Waals surface area contributed by atoms with E-state index in [1.54, 1.807) is 34.6 Å². The Morgan fingerprint density at radius 2 is 2.09 bits per heavy atom. The van der Waals surface area contributed by atoms with Crippen LogP contribution in [-0.2, 0) is 23.8 Å². The molecule has 0 bridgehead atoms. The van der Waals surface area contributed by atoms with E-state index in [-0.39, 0.29) is 11.3 Å². The van der Waals surface area contributed by atoms with E-state index < -0.39 is 23.1 Å². The summed E-state index contributed by atoms with van der Waals surface area (Å²) in [5.74, 6) is -0.806. The van der Waals surface area contributed by atoms with E-state index in [4.69, 9.17) is 14.2 Å². The quantitative estimate of drug-likeness (QED) is 0.451. The summed E-state index contributed by atoms with van der Waals surface area (Å²) in [6, 6.07) is 0. The van der Waals surface area contributed by atoms with Gasteiger partial charge in [0.2, 0.25) is 0 Å². The highest BCUT2D eigenvalue weighted by Crippen LogP contribution is 2.35. The van der Waals surface area contributed by atoms with Gasteiger partial charge >= 0.3 is 11.9 Å². The minimum absolute atomic E-state index is 0.121. The zero-order valence-electron chi connectivity index (χ0n) is 14.6. The summed E-state index contributed by atoms with van der Waals surface area (Å²) in [6.07, 6.45) is 7.53. The molecular formula is C18H26O5. The van der Waals surface area contributed by atoms with Crippen LogP contribution in [0.15, 0.2) is 23.5 Å². The van der Waals surface area contributed by atoms with Crippen molar-refractivity contribution >= 4 is 11.9 Å². The Labute approximate surface area is 137 Å². The second-order valence-corrected chi connectivity index (χ2v) is 7.54. The van der Waals surface area contributed by atoms with Gasteiger partial charge in [-0.2, -0.15) is 0 Å². The van der Waals surface area contributed by atoms with Crippen LogP contribution in [-0.4, -0.2) is 29.7 Å². The van der Waals surface area contributed by atoms with Crippen molar-refractivity contribution in [1.82, 2.24) is 0 Å². The lowest BCUT2D eigenvalue weighted by Gasteiger charge is -2.24. The van der Waals surface area contributed by atoms with Crippen molar-refractivity contribution in [2.75, 3.05) is 6.61 Å². The SMILES string of the molecule is CC(C)(C)OC(=O)C1=C(OCC2C=CCCC2)C(C)(C)OC1=O. The molecule has 23 heavy (non-hydrogen) atoms. The van der Waals surface area contributed by atoms with E-state index in [0.717, 1.165) is 19.3 Å². The Hall–Kier alpha value is -1.78. The normalized spacial score (nSPS) is 23.7. The van der Waals surface area contributed by atoms with Gasteiger partial charge < -0.3 is 14.2 Å². The Morgan fingerprint density at radius 1 is 1.39 bits per heavy atom. The smallest absolute Gasteiger partial charge is 0.350 e. The van der Waals surface area contributed by atoms with Gasteiger partial charge in [0.1, 0.15) is 5.60 Å². The van der Waals surface area contributed by atoms with Crippen LogP contribution >= 0.6 is 0 Å². The maximum atomic E-state index is 12.3. The van der Waals surface area contributed by atoms with Gasteiger partial charge in [-0.1, -0.05) is 12.2 Å². The molecule has 1 atom stereocenters. The molecule has 2 aliphatic rings. The molecule has 0 fully saturated rings. The van der Waals surface area contributed by atoms with E-state index in [9.17, 15) is 9.59 Å². The number of hydrogen-bond donors (Lipinski definition) is 0. The molecule has 5 heteroatoms. The van der Waals surface area contributed by atoms with Crippen molar-refractivity contribution in [3.05, 3.63) is 23.5 Å².